The smallest absolute Gasteiger partial charge is 0.238 e. The quantitative estimate of drug-likeness (QED) is 0.320. The maximum atomic E-state index is 14.0. The van der Waals surface area contributed by atoms with Crippen LogP contribution >= 0.6 is 0 Å². The standard InChI is InChI=1S/C29H22N2O2/c32-28-25-22(19-9-3-1-4-10-19)16-17-23(20-11-5-2-6-12-20)26(25)29(33)31(28)24-15-7-13-21-14-8-18-30-27(21)24/h1-18,22-23,25-26H/t22-,23+,25-,26-/m0/s1. The van der Waals surface area contributed by atoms with Gasteiger partial charge in [-0.3, -0.25) is 14.6 Å². The molecule has 1 aliphatic heterocycles. The molecule has 3 aromatic carbocycles. The van der Waals surface area contributed by atoms with Gasteiger partial charge in [-0.05, 0) is 23.3 Å². The monoisotopic (exact) mass is 430 g/mol. The topological polar surface area (TPSA) is 50.3 Å². The number of hydrogen-bond donors (Lipinski definition) is 0. The predicted octanol–water partition coefficient (Wildman–Crippen LogP) is 5.48. The van der Waals surface area contributed by atoms with E-state index < -0.39 is 11.8 Å². The number of aromatic nitrogens is 1. The number of pyridine rings is 1. The van der Waals surface area contributed by atoms with Gasteiger partial charge in [0.2, 0.25) is 11.8 Å². The lowest BCUT2D eigenvalue weighted by Crippen LogP contribution is -2.32. The number of hydrogen-bond acceptors (Lipinski definition) is 3. The lowest BCUT2D eigenvalue weighted by Gasteiger charge is -2.32. The Hall–Kier alpha value is -4.05. The van der Waals surface area contributed by atoms with Crippen LogP contribution in [-0.4, -0.2) is 16.8 Å². The van der Waals surface area contributed by atoms with Crippen molar-refractivity contribution in [3.05, 3.63) is 120 Å². The number of fused-ring (bicyclic) bond motifs is 2. The van der Waals surface area contributed by atoms with Crippen LogP contribution in [0.15, 0.2) is 109 Å². The van der Waals surface area contributed by atoms with E-state index in [2.05, 4.69) is 17.1 Å². The van der Waals surface area contributed by atoms with Crippen LogP contribution in [0.5, 0.6) is 0 Å². The van der Waals surface area contributed by atoms with Crippen molar-refractivity contribution >= 4 is 28.4 Å². The van der Waals surface area contributed by atoms with E-state index in [0.717, 1.165) is 16.5 Å². The molecule has 1 fully saturated rings. The van der Waals surface area contributed by atoms with Gasteiger partial charge in [0, 0.05) is 23.4 Å². The fourth-order valence-electron chi connectivity index (χ4n) is 5.44. The summed E-state index contributed by atoms with van der Waals surface area (Å²) in [6, 6.07) is 29.5. The average molecular weight is 431 g/mol. The van der Waals surface area contributed by atoms with E-state index in [-0.39, 0.29) is 23.7 Å². The average Bonchev–Trinajstić information content (AvgIpc) is 3.14. The van der Waals surface area contributed by atoms with Gasteiger partial charge in [-0.15, -0.1) is 0 Å². The van der Waals surface area contributed by atoms with Gasteiger partial charge >= 0.3 is 0 Å². The number of imide groups is 1. The van der Waals surface area contributed by atoms with Crippen molar-refractivity contribution < 1.29 is 9.59 Å². The van der Waals surface area contributed by atoms with Crippen molar-refractivity contribution in [2.75, 3.05) is 4.90 Å². The van der Waals surface area contributed by atoms with E-state index >= 15 is 0 Å². The van der Waals surface area contributed by atoms with Gasteiger partial charge in [0.25, 0.3) is 0 Å². The molecule has 2 heterocycles. The summed E-state index contributed by atoms with van der Waals surface area (Å²) in [5.41, 5.74) is 3.33. The second-order valence-corrected chi connectivity index (χ2v) is 8.67. The third-order valence-corrected chi connectivity index (χ3v) is 6.92. The first-order valence-electron chi connectivity index (χ1n) is 11.2. The van der Waals surface area contributed by atoms with Gasteiger partial charge in [0.05, 0.1) is 23.0 Å². The highest BCUT2D eigenvalue weighted by Crippen LogP contribution is 2.50. The van der Waals surface area contributed by atoms with Crippen LogP contribution in [0.2, 0.25) is 0 Å². The molecule has 6 rings (SSSR count). The number of anilines is 1. The summed E-state index contributed by atoms with van der Waals surface area (Å²) in [4.78, 5) is 33.9. The molecule has 0 spiro atoms. The molecule has 1 aromatic heterocycles. The SMILES string of the molecule is O=C1[C@@H]2[C@@H](C(=O)N1c1cccc3cccnc13)[C@H](c1ccccc1)C=C[C@@H]2c1ccccc1. The summed E-state index contributed by atoms with van der Waals surface area (Å²) in [6.45, 7) is 0. The number of allylic oxidation sites excluding steroid dienone is 2. The minimum Gasteiger partial charge on any atom is -0.274 e. The molecule has 0 unspecified atom stereocenters. The molecular weight excluding hydrogens is 408 g/mol. The Morgan fingerprint density at radius 1 is 0.606 bits per heavy atom. The molecule has 1 saturated heterocycles. The van der Waals surface area contributed by atoms with E-state index in [0.29, 0.717) is 11.2 Å². The lowest BCUT2D eigenvalue weighted by molar-refractivity contribution is -0.122. The zero-order chi connectivity index (χ0) is 22.4. The molecule has 0 radical (unpaired) electrons. The number of benzene rings is 3. The summed E-state index contributed by atoms with van der Waals surface area (Å²) in [6.07, 6.45) is 5.93. The lowest BCUT2D eigenvalue weighted by atomic mass is 9.68. The van der Waals surface area contributed by atoms with E-state index in [1.54, 1.807) is 6.20 Å². The Morgan fingerprint density at radius 2 is 1.15 bits per heavy atom. The Bertz CT molecular complexity index is 1310. The maximum absolute atomic E-state index is 14.0. The van der Waals surface area contributed by atoms with E-state index in [4.69, 9.17) is 0 Å². The van der Waals surface area contributed by atoms with Crippen molar-refractivity contribution in [3.63, 3.8) is 0 Å². The summed E-state index contributed by atoms with van der Waals surface area (Å²) in [5, 5.41) is 0.905. The molecule has 4 nitrogen and oxygen atoms in total. The normalized spacial score (nSPS) is 24.3. The molecule has 1 aliphatic carbocycles. The third-order valence-electron chi connectivity index (χ3n) is 6.92. The van der Waals surface area contributed by atoms with Gasteiger partial charge in [0.1, 0.15) is 0 Å². The highest BCUT2D eigenvalue weighted by Gasteiger charge is 2.55. The molecular formula is C29H22N2O2. The Kier molecular flexibility index (Phi) is 4.65. The molecule has 4 aromatic rings. The molecule has 0 N–H and O–H groups in total. The number of rotatable bonds is 3. The van der Waals surface area contributed by atoms with Crippen LogP contribution in [0.25, 0.3) is 10.9 Å². The van der Waals surface area contributed by atoms with Crippen molar-refractivity contribution in [2.24, 2.45) is 11.8 Å². The van der Waals surface area contributed by atoms with Crippen molar-refractivity contribution in [3.8, 4) is 0 Å². The Morgan fingerprint density at radius 3 is 1.73 bits per heavy atom. The number of carbonyl (C=O) groups excluding carboxylic acids is 2. The number of para-hydroxylation sites is 1. The molecule has 4 atom stereocenters. The van der Waals surface area contributed by atoms with Gasteiger partial charge in [-0.25, -0.2) is 4.90 Å². The highest BCUT2D eigenvalue weighted by atomic mass is 16.2. The highest BCUT2D eigenvalue weighted by molar-refractivity contribution is 6.25. The molecule has 160 valence electrons. The van der Waals surface area contributed by atoms with Gasteiger partial charge in [-0.2, -0.15) is 0 Å². The number of nitrogens with zero attached hydrogens (tertiary/aromatic N) is 2. The summed E-state index contributed by atoms with van der Waals surface area (Å²) < 4.78 is 0. The van der Waals surface area contributed by atoms with Crippen LogP contribution < -0.4 is 4.90 Å². The fraction of sp³-hybridized carbons (Fsp3) is 0.138. The third kappa shape index (κ3) is 3.10. The van der Waals surface area contributed by atoms with Crippen LogP contribution in [0.1, 0.15) is 23.0 Å². The first-order chi connectivity index (χ1) is 16.2. The van der Waals surface area contributed by atoms with E-state index in [1.807, 2.05) is 91.0 Å². The molecule has 4 heteroatoms. The summed E-state index contributed by atoms with van der Waals surface area (Å²) in [7, 11) is 0. The molecule has 0 saturated carbocycles. The minimum absolute atomic E-state index is 0.151. The number of carbonyl (C=O) groups is 2. The predicted molar refractivity (Wildman–Crippen MR) is 129 cm³/mol. The van der Waals surface area contributed by atoms with Crippen LogP contribution in [-0.2, 0) is 9.59 Å². The maximum Gasteiger partial charge on any atom is 0.238 e. The fourth-order valence-corrected chi connectivity index (χ4v) is 5.44. The van der Waals surface area contributed by atoms with Crippen LogP contribution in [0.4, 0.5) is 5.69 Å². The van der Waals surface area contributed by atoms with Gasteiger partial charge < -0.3 is 0 Å². The van der Waals surface area contributed by atoms with E-state index in [1.165, 1.54) is 4.90 Å². The summed E-state index contributed by atoms with van der Waals surface area (Å²) in [5.74, 6) is -1.53. The molecule has 2 aliphatic rings. The van der Waals surface area contributed by atoms with E-state index in [9.17, 15) is 9.59 Å². The zero-order valence-electron chi connectivity index (χ0n) is 17.9. The minimum atomic E-state index is -0.464. The van der Waals surface area contributed by atoms with Crippen LogP contribution in [0, 0.1) is 11.8 Å². The van der Waals surface area contributed by atoms with Gasteiger partial charge in [-0.1, -0.05) is 91.0 Å². The first kappa shape index (κ1) is 19.6. The second-order valence-electron chi connectivity index (χ2n) is 8.67. The summed E-state index contributed by atoms with van der Waals surface area (Å²) >= 11 is 0. The van der Waals surface area contributed by atoms with Crippen LogP contribution in [0.3, 0.4) is 0 Å². The number of amides is 2. The van der Waals surface area contributed by atoms with Crippen molar-refractivity contribution in [1.82, 2.24) is 4.98 Å². The first-order valence-corrected chi connectivity index (χ1v) is 11.2. The molecule has 2 amide bonds. The van der Waals surface area contributed by atoms with Gasteiger partial charge in [0.15, 0.2) is 0 Å². The van der Waals surface area contributed by atoms with Crippen molar-refractivity contribution in [1.29, 1.82) is 0 Å². The Labute approximate surface area is 192 Å². The molecule has 33 heavy (non-hydrogen) atoms. The molecule has 0 bridgehead atoms. The Balaban J connectivity index is 1.52. The second kappa shape index (κ2) is 7.82. The largest absolute Gasteiger partial charge is 0.274 e. The van der Waals surface area contributed by atoms with Crippen molar-refractivity contribution in [2.45, 2.75) is 11.8 Å². The zero-order valence-corrected chi connectivity index (χ0v) is 17.9.